The van der Waals surface area contributed by atoms with Crippen LogP contribution in [0.15, 0.2) is 29.3 Å². The fourth-order valence-corrected chi connectivity index (χ4v) is 2.01. The number of hydrogen-bond donors (Lipinski definition) is 2. The van der Waals surface area contributed by atoms with E-state index < -0.39 is 4.92 Å². The Bertz CT molecular complexity index is 520. The van der Waals surface area contributed by atoms with Crippen LogP contribution in [0.1, 0.15) is 38.7 Å². The second-order valence-electron chi connectivity index (χ2n) is 5.37. The maximum absolute atomic E-state index is 10.8. The van der Waals surface area contributed by atoms with E-state index in [1.165, 1.54) is 6.07 Å². The van der Waals surface area contributed by atoms with Crippen LogP contribution in [0.25, 0.3) is 0 Å². The minimum atomic E-state index is -0.394. The molecule has 0 aliphatic carbocycles. The lowest BCUT2D eigenvalue weighted by molar-refractivity contribution is -0.384. The van der Waals surface area contributed by atoms with Gasteiger partial charge in [0, 0.05) is 38.4 Å². The van der Waals surface area contributed by atoms with Crippen molar-refractivity contribution in [2.75, 3.05) is 26.3 Å². The number of benzene rings is 1. The quantitative estimate of drug-likeness (QED) is 0.213. The van der Waals surface area contributed by atoms with Crippen molar-refractivity contribution in [1.29, 1.82) is 0 Å². The van der Waals surface area contributed by atoms with Crippen LogP contribution in [0.5, 0.6) is 0 Å². The van der Waals surface area contributed by atoms with Crippen LogP contribution in [0.4, 0.5) is 5.69 Å². The first kappa shape index (κ1) is 19.9. The molecule has 0 fully saturated rings. The minimum absolute atomic E-state index is 0.0879. The van der Waals surface area contributed by atoms with Crippen molar-refractivity contribution in [2.24, 2.45) is 4.99 Å². The fourth-order valence-electron chi connectivity index (χ4n) is 2.01. The topological polar surface area (TPSA) is 88.8 Å². The van der Waals surface area contributed by atoms with E-state index >= 15 is 0 Å². The summed E-state index contributed by atoms with van der Waals surface area (Å²) in [7, 11) is 0. The van der Waals surface area contributed by atoms with E-state index in [-0.39, 0.29) is 5.69 Å². The number of ether oxygens (including phenoxy) is 1. The van der Waals surface area contributed by atoms with Crippen LogP contribution in [-0.4, -0.2) is 37.2 Å². The lowest BCUT2D eigenvalue weighted by Crippen LogP contribution is -2.38. The molecule has 134 valence electrons. The molecule has 0 saturated carbocycles. The van der Waals surface area contributed by atoms with E-state index in [1.54, 1.807) is 12.1 Å². The van der Waals surface area contributed by atoms with Gasteiger partial charge in [0.15, 0.2) is 5.96 Å². The van der Waals surface area contributed by atoms with Crippen LogP contribution >= 0.6 is 0 Å². The summed E-state index contributed by atoms with van der Waals surface area (Å²) in [5.41, 5.74) is 0.897. The normalized spacial score (nSPS) is 11.3. The Balaban J connectivity index is 2.42. The van der Waals surface area contributed by atoms with E-state index in [9.17, 15) is 10.1 Å². The summed E-state index contributed by atoms with van der Waals surface area (Å²) in [6.07, 6.45) is 3.15. The summed E-state index contributed by atoms with van der Waals surface area (Å²) < 4.78 is 5.52. The molecule has 1 aromatic carbocycles. The highest BCUT2D eigenvalue weighted by atomic mass is 16.6. The maximum Gasteiger partial charge on any atom is 0.269 e. The van der Waals surface area contributed by atoms with Gasteiger partial charge in [-0.2, -0.15) is 0 Å². The minimum Gasteiger partial charge on any atom is -0.381 e. The van der Waals surface area contributed by atoms with Gasteiger partial charge in [-0.05, 0) is 25.3 Å². The predicted octanol–water partition coefficient (Wildman–Crippen LogP) is 2.86. The average molecular weight is 336 g/mol. The summed E-state index contributed by atoms with van der Waals surface area (Å²) in [4.78, 5) is 14.9. The number of hydrogen-bond acceptors (Lipinski definition) is 4. The number of non-ortho nitro benzene ring substituents is 1. The standard InChI is InChI=1S/C17H28N4O3/c1-3-5-11-24-12-7-10-19-17(18-4-2)20-14-15-8-6-9-16(13-15)21(22)23/h6,8-9,13H,3-5,7,10-12,14H2,1-2H3,(H2,18,19,20). The third-order valence-electron chi connectivity index (χ3n) is 3.29. The van der Waals surface area contributed by atoms with Crippen molar-refractivity contribution in [3.05, 3.63) is 39.9 Å². The molecule has 0 aliphatic rings. The van der Waals surface area contributed by atoms with E-state index in [0.29, 0.717) is 12.5 Å². The summed E-state index contributed by atoms with van der Waals surface area (Å²) in [5, 5.41) is 17.2. The van der Waals surface area contributed by atoms with Gasteiger partial charge in [-0.15, -0.1) is 0 Å². The fraction of sp³-hybridized carbons (Fsp3) is 0.588. The second kappa shape index (κ2) is 12.3. The van der Waals surface area contributed by atoms with Gasteiger partial charge >= 0.3 is 0 Å². The predicted molar refractivity (Wildman–Crippen MR) is 96.3 cm³/mol. The van der Waals surface area contributed by atoms with Crippen LogP contribution in [-0.2, 0) is 11.3 Å². The first-order valence-corrected chi connectivity index (χ1v) is 8.50. The number of aliphatic imine (C=N–C) groups is 1. The molecule has 7 nitrogen and oxygen atoms in total. The van der Waals surface area contributed by atoms with Gasteiger partial charge in [0.1, 0.15) is 0 Å². The molecule has 0 radical (unpaired) electrons. The Kier molecular flexibility index (Phi) is 10.2. The zero-order valence-electron chi connectivity index (χ0n) is 14.6. The van der Waals surface area contributed by atoms with E-state index in [2.05, 4.69) is 22.5 Å². The van der Waals surface area contributed by atoms with E-state index in [1.807, 2.05) is 13.0 Å². The lowest BCUT2D eigenvalue weighted by Gasteiger charge is -2.11. The van der Waals surface area contributed by atoms with Crippen molar-refractivity contribution in [3.8, 4) is 0 Å². The third kappa shape index (κ3) is 8.47. The molecule has 24 heavy (non-hydrogen) atoms. The Morgan fingerprint density at radius 1 is 1.25 bits per heavy atom. The molecular weight excluding hydrogens is 308 g/mol. The molecule has 0 bridgehead atoms. The van der Waals surface area contributed by atoms with E-state index in [4.69, 9.17) is 4.74 Å². The van der Waals surface area contributed by atoms with Crippen molar-refractivity contribution < 1.29 is 9.66 Å². The Morgan fingerprint density at radius 2 is 2.04 bits per heavy atom. The highest BCUT2D eigenvalue weighted by Gasteiger charge is 2.05. The van der Waals surface area contributed by atoms with Crippen molar-refractivity contribution in [1.82, 2.24) is 10.6 Å². The zero-order chi connectivity index (χ0) is 17.6. The smallest absolute Gasteiger partial charge is 0.269 e. The van der Waals surface area contributed by atoms with Crippen LogP contribution < -0.4 is 10.6 Å². The molecule has 1 aromatic rings. The van der Waals surface area contributed by atoms with Gasteiger partial charge in [-0.3, -0.25) is 10.1 Å². The summed E-state index contributed by atoms with van der Waals surface area (Å²) in [6.45, 7) is 7.61. The summed E-state index contributed by atoms with van der Waals surface area (Å²) in [5.74, 6) is 0.706. The number of nitrogens with one attached hydrogen (secondary N) is 2. The molecule has 1 rings (SSSR count). The third-order valence-corrected chi connectivity index (χ3v) is 3.29. The first-order valence-electron chi connectivity index (χ1n) is 8.50. The molecule has 2 N–H and O–H groups in total. The van der Waals surface area contributed by atoms with Crippen molar-refractivity contribution >= 4 is 11.6 Å². The van der Waals surface area contributed by atoms with Gasteiger partial charge in [-0.25, -0.2) is 4.99 Å². The Labute approximate surface area is 143 Å². The highest BCUT2D eigenvalue weighted by molar-refractivity contribution is 5.79. The highest BCUT2D eigenvalue weighted by Crippen LogP contribution is 2.13. The number of nitro benzene ring substituents is 1. The Morgan fingerprint density at radius 3 is 2.75 bits per heavy atom. The summed E-state index contributed by atoms with van der Waals surface area (Å²) in [6, 6.07) is 6.54. The summed E-state index contributed by atoms with van der Waals surface area (Å²) >= 11 is 0. The van der Waals surface area contributed by atoms with Crippen LogP contribution in [0.2, 0.25) is 0 Å². The molecule has 0 saturated heterocycles. The Hall–Kier alpha value is -2.15. The molecule has 0 spiro atoms. The van der Waals surface area contributed by atoms with Gasteiger partial charge in [0.25, 0.3) is 5.69 Å². The molecule has 0 aliphatic heterocycles. The van der Waals surface area contributed by atoms with Gasteiger partial charge in [0.05, 0.1) is 11.5 Å². The number of guanidine groups is 1. The number of rotatable bonds is 11. The van der Waals surface area contributed by atoms with Gasteiger partial charge in [-0.1, -0.05) is 25.5 Å². The molecule has 0 amide bonds. The molecule has 0 heterocycles. The van der Waals surface area contributed by atoms with Crippen molar-refractivity contribution in [2.45, 2.75) is 39.7 Å². The van der Waals surface area contributed by atoms with Crippen LogP contribution in [0, 0.1) is 10.1 Å². The molecule has 0 aromatic heterocycles. The van der Waals surface area contributed by atoms with Crippen LogP contribution in [0.3, 0.4) is 0 Å². The van der Waals surface area contributed by atoms with Crippen molar-refractivity contribution in [3.63, 3.8) is 0 Å². The molecule has 7 heteroatoms. The number of nitrogens with zero attached hydrogens (tertiary/aromatic N) is 2. The molecular formula is C17H28N4O3. The lowest BCUT2D eigenvalue weighted by atomic mass is 10.2. The first-order chi connectivity index (χ1) is 11.7. The SMILES string of the molecule is CCCCOCCCNC(=NCc1cccc([N+](=O)[O-])c1)NCC. The van der Waals surface area contributed by atoms with Gasteiger partial charge in [0.2, 0.25) is 0 Å². The largest absolute Gasteiger partial charge is 0.381 e. The molecule has 0 atom stereocenters. The molecule has 0 unspecified atom stereocenters. The number of unbranched alkanes of at least 4 members (excludes halogenated alkanes) is 1. The average Bonchev–Trinajstić information content (AvgIpc) is 2.59. The van der Waals surface area contributed by atoms with E-state index in [0.717, 1.165) is 51.1 Å². The number of nitro groups is 1. The second-order valence-corrected chi connectivity index (χ2v) is 5.37. The van der Waals surface area contributed by atoms with Gasteiger partial charge < -0.3 is 15.4 Å². The maximum atomic E-state index is 10.8. The zero-order valence-corrected chi connectivity index (χ0v) is 14.6. The monoisotopic (exact) mass is 336 g/mol.